The van der Waals surface area contributed by atoms with Crippen LogP contribution >= 0.6 is 0 Å². The number of anilines is 1. The second kappa shape index (κ2) is 7.47. The largest absolute Gasteiger partial charge is 0.324 e. The zero-order valence-electron chi connectivity index (χ0n) is 15.3. The zero-order chi connectivity index (χ0) is 18.6. The van der Waals surface area contributed by atoms with Crippen molar-refractivity contribution in [2.24, 2.45) is 0 Å². The summed E-state index contributed by atoms with van der Waals surface area (Å²) in [7, 11) is 0. The van der Waals surface area contributed by atoms with Gasteiger partial charge in [-0.1, -0.05) is 63.2 Å². The molecule has 0 saturated heterocycles. The zero-order valence-corrected chi connectivity index (χ0v) is 15.3. The van der Waals surface area contributed by atoms with Gasteiger partial charge < -0.3 is 5.32 Å². The number of hydrogen-bond donors (Lipinski definition) is 1. The topological polar surface area (TPSA) is 72.7 Å². The molecule has 2 aromatic carbocycles. The van der Waals surface area contributed by atoms with Crippen LogP contribution in [-0.4, -0.2) is 26.1 Å². The van der Waals surface area contributed by atoms with Crippen LogP contribution in [0.2, 0.25) is 0 Å². The lowest BCUT2D eigenvalue weighted by Gasteiger charge is -2.20. The van der Waals surface area contributed by atoms with Gasteiger partial charge in [0, 0.05) is 12.1 Å². The van der Waals surface area contributed by atoms with Gasteiger partial charge in [-0.25, -0.2) is 4.68 Å². The first-order chi connectivity index (χ1) is 12.4. The summed E-state index contributed by atoms with van der Waals surface area (Å²) in [4.78, 5) is 12.9. The van der Waals surface area contributed by atoms with Crippen molar-refractivity contribution in [3.63, 3.8) is 0 Å². The quantitative estimate of drug-likeness (QED) is 0.766. The average molecular weight is 349 g/mol. The molecule has 3 aromatic rings. The molecule has 134 valence electrons. The first-order valence-corrected chi connectivity index (χ1v) is 8.61. The lowest BCUT2D eigenvalue weighted by molar-refractivity contribution is -0.119. The molecule has 0 radical (unpaired) electrons. The number of amides is 1. The molecule has 1 aromatic heterocycles. The molecule has 1 N–H and O–H groups in total. The Labute approximate surface area is 153 Å². The van der Waals surface area contributed by atoms with Gasteiger partial charge >= 0.3 is 0 Å². The van der Waals surface area contributed by atoms with E-state index in [4.69, 9.17) is 0 Å². The molecule has 0 aliphatic rings. The Hall–Kier alpha value is -3.02. The number of nitrogens with one attached hydrogen (secondary N) is 1. The molecule has 1 heterocycles. The van der Waals surface area contributed by atoms with Crippen molar-refractivity contribution < 1.29 is 4.79 Å². The maximum absolute atomic E-state index is 12.9. The summed E-state index contributed by atoms with van der Waals surface area (Å²) in [5.74, 6) is -0.148. The molecule has 6 heteroatoms. The molecular formula is C20H23N5O. The fourth-order valence-electron chi connectivity index (χ4n) is 2.73. The fraction of sp³-hybridized carbons (Fsp3) is 0.300. The highest BCUT2D eigenvalue weighted by Gasteiger charge is 2.22. The summed E-state index contributed by atoms with van der Waals surface area (Å²) < 4.78 is 1.49. The monoisotopic (exact) mass is 349 g/mol. The van der Waals surface area contributed by atoms with E-state index in [0.717, 1.165) is 11.3 Å². The molecule has 26 heavy (non-hydrogen) atoms. The van der Waals surface area contributed by atoms with Crippen molar-refractivity contribution >= 4 is 11.6 Å². The summed E-state index contributed by atoms with van der Waals surface area (Å²) in [5, 5.41) is 14.2. The van der Waals surface area contributed by atoms with Crippen LogP contribution in [0.15, 0.2) is 60.9 Å². The van der Waals surface area contributed by atoms with Gasteiger partial charge in [-0.3, -0.25) is 4.79 Å². The molecule has 0 aliphatic carbocycles. The molecule has 6 nitrogen and oxygen atoms in total. The standard InChI is InChI=1S/C20H23N5O/c1-20(2,3)16-9-11-17(12-10-16)22-19(26)18(25-14-21-23-24-25)13-15-7-5-4-6-8-15/h4-12,14,18H,13H2,1-3H3,(H,22,26). The lowest BCUT2D eigenvalue weighted by atomic mass is 9.87. The summed E-state index contributed by atoms with van der Waals surface area (Å²) in [5.41, 5.74) is 3.10. The van der Waals surface area contributed by atoms with Gasteiger partial charge in [0.25, 0.3) is 0 Å². The fourth-order valence-corrected chi connectivity index (χ4v) is 2.73. The molecule has 1 amide bonds. The van der Waals surface area contributed by atoms with E-state index >= 15 is 0 Å². The third-order valence-corrected chi connectivity index (χ3v) is 4.28. The molecule has 0 bridgehead atoms. The van der Waals surface area contributed by atoms with Gasteiger partial charge in [0.2, 0.25) is 5.91 Å². The van der Waals surface area contributed by atoms with E-state index in [1.54, 1.807) is 0 Å². The predicted octanol–water partition coefficient (Wildman–Crippen LogP) is 3.39. The van der Waals surface area contributed by atoms with Crippen LogP contribution in [0.3, 0.4) is 0 Å². The smallest absolute Gasteiger partial charge is 0.249 e. The lowest BCUT2D eigenvalue weighted by Crippen LogP contribution is -2.28. The van der Waals surface area contributed by atoms with E-state index in [1.807, 2.05) is 54.6 Å². The second-order valence-electron chi connectivity index (χ2n) is 7.31. The SMILES string of the molecule is CC(C)(C)c1ccc(NC(=O)C(Cc2ccccc2)n2cnnn2)cc1. The van der Waals surface area contributed by atoms with Gasteiger partial charge in [0.1, 0.15) is 12.4 Å². The van der Waals surface area contributed by atoms with E-state index in [0.29, 0.717) is 6.42 Å². The van der Waals surface area contributed by atoms with E-state index in [1.165, 1.54) is 16.6 Å². The molecule has 1 unspecified atom stereocenters. The first kappa shape index (κ1) is 17.8. The second-order valence-corrected chi connectivity index (χ2v) is 7.31. The van der Waals surface area contributed by atoms with E-state index in [2.05, 4.69) is 41.6 Å². The Bertz CT molecular complexity index is 836. The maximum Gasteiger partial charge on any atom is 0.249 e. The third kappa shape index (κ3) is 4.33. The Morgan fingerprint density at radius 1 is 1.08 bits per heavy atom. The van der Waals surface area contributed by atoms with Gasteiger partial charge in [-0.2, -0.15) is 0 Å². The Morgan fingerprint density at radius 3 is 2.35 bits per heavy atom. The molecule has 0 fully saturated rings. The third-order valence-electron chi connectivity index (χ3n) is 4.28. The summed E-state index contributed by atoms with van der Waals surface area (Å²) in [6.45, 7) is 6.48. The number of benzene rings is 2. The van der Waals surface area contributed by atoms with Crippen LogP contribution in [0.4, 0.5) is 5.69 Å². The van der Waals surface area contributed by atoms with Crippen LogP contribution in [0.5, 0.6) is 0 Å². The molecule has 0 aliphatic heterocycles. The highest BCUT2D eigenvalue weighted by Crippen LogP contribution is 2.24. The Balaban J connectivity index is 1.77. The van der Waals surface area contributed by atoms with Crippen molar-refractivity contribution in [3.8, 4) is 0 Å². The van der Waals surface area contributed by atoms with Crippen LogP contribution in [-0.2, 0) is 16.6 Å². The van der Waals surface area contributed by atoms with Gasteiger partial charge in [0.15, 0.2) is 0 Å². The number of tetrazole rings is 1. The van der Waals surface area contributed by atoms with E-state index in [9.17, 15) is 4.79 Å². The number of rotatable bonds is 5. The maximum atomic E-state index is 12.9. The first-order valence-electron chi connectivity index (χ1n) is 8.61. The number of hydrogen-bond acceptors (Lipinski definition) is 4. The normalized spacial score (nSPS) is 12.6. The number of carbonyl (C=O) groups is 1. The average Bonchev–Trinajstić information content (AvgIpc) is 3.14. The minimum absolute atomic E-state index is 0.0742. The summed E-state index contributed by atoms with van der Waals surface area (Å²) in [6.07, 6.45) is 1.98. The Morgan fingerprint density at radius 2 is 1.77 bits per heavy atom. The predicted molar refractivity (Wildman–Crippen MR) is 101 cm³/mol. The molecular weight excluding hydrogens is 326 g/mol. The highest BCUT2D eigenvalue weighted by molar-refractivity contribution is 5.93. The van der Waals surface area contributed by atoms with Crippen molar-refractivity contribution in [1.82, 2.24) is 20.2 Å². The van der Waals surface area contributed by atoms with Crippen LogP contribution in [0.1, 0.15) is 37.9 Å². The van der Waals surface area contributed by atoms with Crippen molar-refractivity contribution in [1.29, 1.82) is 0 Å². The molecule has 1 atom stereocenters. The van der Waals surface area contributed by atoms with Gasteiger partial charge in [-0.15, -0.1) is 5.10 Å². The molecule has 0 saturated carbocycles. The number of carbonyl (C=O) groups excluding carboxylic acids is 1. The Kier molecular flexibility index (Phi) is 5.11. The van der Waals surface area contributed by atoms with E-state index < -0.39 is 6.04 Å². The number of aromatic nitrogens is 4. The van der Waals surface area contributed by atoms with Crippen LogP contribution < -0.4 is 5.32 Å². The van der Waals surface area contributed by atoms with Gasteiger partial charge in [-0.05, 0) is 39.1 Å². The summed E-state index contributed by atoms with van der Waals surface area (Å²) in [6, 6.07) is 17.3. The summed E-state index contributed by atoms with van der Waals surface area (Å²) >= 11 is 0. The van der Waals surface area contributed by atoms with Crippen LogP contribution in [0.25, 0.3) is 0 Å². The van der Waals surface area contributed by atoms with E-state index in [-0.39, 0.29) is 11.3 Å². The van der Waals surface area contributed by atoms with Crippen LogP contribution in [0, 0.1) is 0 Å². The molecule has 3 rings (SSSR count). The van der Waals surface area contributed by atoms with Crippen molar-refractivity contribution in [3.05, 3.63) is 72.1 Å². The number of nitrogens with zero attached hydrogens (tertiary/aromatic N) is 4. The molecule has 0 spiro atoms. The minimum atomic E-state index is -0.519. The highest BCUT2D eigenvalue weighted by atomic mass is 16.2. The van der Waals surface area contributed by atoms with Crippen molar-refractivity contribution in [2.45, 2.75) is 38.6 Å². The van der Waals surface area contributed by atoms with Crippen molar-refractivity contribution in [2.75, 3.05) is 5.32 Å². The minimum Gasteiger partial charge on any atom is -0.324 e. The van der Waals surface area contributed by atoms with Gasteiger partial charge in [0.05, 0.1) is 0 Å².